The average molecular weight is 223 g/mol. The number of nitrogens with one attached hydrogen (secondary N) is 1. The zero-order valence-corrected chi connectivity index (χ0v) is 10.1. The van der Waals surface area contributed by atoms with E-state index >= 15 is 0 Å². The number of carbonyl (C=O) groups is 2. The molecule has 0 atom stereocenters. The van der Waals surface area contributed by atoms with Gasteiger partial charge in [0.25, 0.3) is 0 Å². The van der Waals surface area contributed by atoms with E-state index in [0.29, 0.717) is 12.2 Å². The lowest BCUT2D eigenvalue weighted by Crippen LogP contribution is -2.11. The van der Waals surface area contributed by atoms with Crippen LogP contribution in [0.5, 0.6) is 0 Å². The fraction of sp³-hybridized carbons (Fsp3) is 0.500. The van der Waals surface area contributed by atoms with Gasteiger partial charge >= 0.3 is 5.97 Å². The molecule has 0 unspecified atom stereocenters. The SMILES string of the molecule is CCOC(=O)c1[nH]cc(C(C)C)c1C(C)=O. The molecule has 0 bridgehead atoms. The molecular formula is C12H17NO3. The van der Waals surface area contributed by atoms with Gasteiger partial charge in [0, 0.05) is 6.20 Å². The van der Waals surface area contributed by atoms with Gasteiger partial charge in [0.15, 0.2) is 5.78 Å². The number of ether oxygens (including phenoxy) is 1. The van der Waals surface area contributed by atoms with Crippen LogP contribution < -0.4 is 0 Å². The Morgan fingerprint density at radius 1 is 1.44 bits per heavy atom. The van der Waals surface area contributed by atoms with Crippen LogP contribution in [0.3, 0.4) is 0 Å². The number of carbonyl (C=O) groups excluding carboxylic acids is 2. The van der Waals surface area contributed by atoms with E-state index in [4.69, 9.17) is 4.74 Å². The number of ketones is 1. The van der Waals surface area contributed by atoms with E-state index in [0.717, 1.165) is 5.56 Å². The molecule has 1 heterocycles. The van der Waals surface area contributed by atoms with Crippen LogP contribution in [0.2, 0.25) is 0 Å². The second-order valence-corrected chi connectivity index (χ2v) is 3.93. The Labute approximate surface area is 95.0 Å². The fourth-order valence-corrected chi connectivity index (χ4v) is 1.64. The van der Waals surface area contributed by atoms with Crippen molar-refractivity contribution in [3.05, 3.63) is 23.0 Å². The number of rotatable bonds is 4. The Morgan fingerprint density at radius 3 is 2.50 bits per heavy atom. The second kappa shape index (κ2) is 4.96. The molecule has 1 rings (SSSR count). The van der Waals surface area contributed by atoms with Crippen LogP contribution in [0.4, 0.5) is 0 Å². The molecule has 4 nitrogen and oxygen atoms in total. The minimum Gasteiger partial charge on any atom is -0.461 e. The molecule has 1 aromatic heterocycles. The summed E-state index contributed by atoms with van der Waals surface area (Å²) in [4.78, 5) is 26.0. The summed E-state index contributed by atoms with van der Waals surface area (Å²) >= 11 is 0. The van der Waals surface area contributed by atoms with Gasteiger partial charge in [-0.15, -0.1) is 0 Å². The zero-order chi connectivity index (χ0) is 12.3. The maximum atomic E-state index is 11.6. The van der Waals surface area contributed by atoms with E-state index in [1.54, 1.807) is 13.1 Å². The summed E-state index contributed by atoms with van der Waals surface area (Å²) in [5.41, 5.74) is 1.57. The summed E-state index contributed by atoms with van der Waals surface area (Å²) in [6, 6.07) is 0. The van der Waals surface area contributed by atoms with Crippen LogP contribution in [-0.2, 0) is 4.74 Å². The first kappa shape index (κ1) is 12.5. The van der Waals surface area contributed by atoms with Crippen LogP contribution in [0, 0.1) is 0 Å². The Hall–Kier alpha value is -1.58. The van der Waals surface area contributed by atoms with Gasteiger partial charge in [0.05, 0.1) is 12.2 Å². The minimum atomic E-state index is -0.473. The van der Waals surface area contributed by atoms with E-state index in [9.17, 15) is 9.59 Å². The van der Waals surface area contributed by atoms with Crippen LogP contribution >= 0.6 is 0 Å². The van der Waals surface area contributed by atoms with Crippen molar-refractivity contribution in [2.75, 3.05) is 6.61 Å². The summed E-state index contributed by atoms with van der Waals surface area (Å²) in [6.07, 6.45) is 1.70. The lowest BCUT2D eigenvalue weighted by molar-refractivity contribution is 0.0517. The maximum Gasteiger partial charge on any atom is 0.355 e. The highest BCUT2D eigenvalue weighted by Crippen LogP contribution is 2.23. The number of hydrogen-bond acceptors (Lipinski definition) is 3. The Balaban J connectivity index is 3.20. The van der Waals surface area contributed by atoms with Gasteiger partial charge < -0.3 is 9.72 Å². The summed E-state index contributed by atoms with van der Waals surface area (Å²) < 4.78 is 4.89. The number of H-pyrrole nitrogens is 1. The summed E-state index contributed by atoms with van der Waals surface area (Å²) in [5, 5.41) is 0. The van der Waals surface area contributed by atoms with Crippen molar-refractivity contribution in [1.82, 2.24) is 4.98 Å². The third kappa shape index (κ3) is 2.32. The van der Waals surface area contributed by atoms with Crippen molar-refractivity contribution >= 4 is 11.8 Å². The number of Topliss-reactive ketones (excluding diaryl/α,β-unsaturated/α-hetero) is 1. The van der Waals surface area contributed by atoms with Crippen LogP contribution in [0.15, 0.2) is 6.20 Å². The molecule has 1 aromatic rings. The lowest BCUT2D eigenvalue weighted by Gasteiger charge is -2.06. The predicted octanol–water partition coefficient (Wildman–Crippen LogP) is 2.52. The van der Waals surface area contributed by atoms with Crippen molar-refractivity contribution in [2.45, 2.75) is 33.6 Å². The predicted molar refractivity (Wildman–Crippen MR) is 60.8 cm³/mol. The van der Waals surface area contributed by atoms with Crippen LogP contribution in [0.1, 0.15) is 60.0 Å². The van der Waals surface area contributed by atoms with E-state index in [1.807, 2.05) is 13.8 Å². The Kier molecular flexibility index (Phi) is 3.88. The molecule has 0 spiro atoms. The zero-order valence-electron chi connectivity index (χ0n) is 10.1. The van der Waals surface area contributed by atoms with Gasteiger partial charge in [0.1, 0.15) is 5.69 Å². The van der Waals surface area contributed by atoms with Gasteiger partial charge in [-0.25, -0.2) is 4.79 Å². The first-order valence-corrected chi connectivity index (χ1v) is 5.38. The van der Waals surface area contributed by atoms with E-state index in [1.165, 1.54) is 6.92 Å². The first-order valence-electron chi connectivity index (χ1n) is 5.38. The molecule has 0 radical (unpaired) electrons. The molecule has 0 saturated carbocycles. The topological polar surface area (TPSA) is 59.2 Å². The van der Waals surface area contributed by atoms with Crippen molar-refractivity contribution in [3.63, 3.8) is 0 Å². The van der Waals surface area contributed by atoms with Crippen LogP contribution in [0.25, 0.3) is 0 Å². The second-order valence-electron chi connectivity index (χ2n) is 3.93. The minimum absolute atomic E-state index is 0.118. The molecular weight excluding hydrogens is 206 g/mol. The summed E-state index contributed by atoms with van der Waals surface area (Å²) in [6.45, 7) is 7.44. The monoisotopic (exact) mass is 223 g/mol. The maximum absolute atomic E-state index is 11.6. The fourth-order valence-electron chi connectivity index (χ4n) is 1.64. The van der Waals surface area contributed by atoms with Crippen molar-refractivity contribution in [3.8, 4) is 0 Å². The standard InChI is InChI=1S/C12H17NO3/c1-5-16-12(15)11-10(8(4)14)9(6-13-11)7(2)3/h6-7,13H,5H2,1-4H3. The van der Waals surface area contributed by atoms with Crippen molar-refractivity contribution in [2.24, 2.45) is 0 Å². The van der Waals surface area contributed by atoms with E-state index in [-0.39, 0.29) is 17.4 Å². The third-order valence-corrected chi connectivity index (χ3v) is 2.36. The number of hydrogen-bond donors (Lipinski definition) is 1. The van der Waals surface area contributed by atoms with E-state index < -0.39 is 5.97 Å². The van der Waals surface area contributed by atoms with Gasteiger partial charge in [-0.2, -0.15) is 0 Å². The van der Waals surface area contributed by atoms with Gasteiger partial charge in [-0.3, -0.25) is 4.79 Å². The van der Waals surface area contributed by atoms with Crippen LogP contribution in [-0.4, -0.2) is 23.3 Å². The summed E-state index contributed by atoms with van der Waals surface area (Å²) in [7, 11) is 0. The summed E-state index contributed by atoms with van der Waals surface area (Å²) in [5.74, 6) is -0.397. The average Bonchev–Trinajstić information content (AvgIpc) is 2.61. The molecule has 16 heavy (non-hydrogen) atoms. The normalized spacial score (nSPS) is 10.6. The molecule has 0 aliphatic heterocycles. The molecule has 88 valence electrons. The number of esters is 1. The lowest BCUT2D eigenvalue weighted by atomic mass is 9.98. The Bertz CT molecular complexity index is 404. The number of aromatic nitrogens is 1. The van der Waals surface area contributed by atoms with Crippen molar-refractivity contribution in [1.29, 1.82) is 0 Å². The van der Waals surface area contributed by atoms with Gasteiger partial charge in [-0.05, 0) is 25.3 Å². The molecule has 1 N–H and O–H groups in total. The highest BCUT2D eigenvalue weighted by atomic mass is 16.5. The smallest absolute Gasteiger partial charge is 0.355 e. The molecule has 0 aromatic carbocycles. The molecule has 0 aliphatic rings. The highest BCUT2D eigenvalue weighted by molar-refractivity contribution is 6.05. The molecule has 0 amide bonds. The molecule has 0 fully saturated rings. The quantitative estimate of drug-likeness (QED) is 0.630. The van der Waals surface area contributed by atoms with E-state index in [2.05, 4.69) is 4.98 Å². The molecule has 4 heteroatoms. The molecule has 0 saturated heterocycles. The van der Waals surface area contributed by atoms with Crippen molar-refractivity contribution < 1.29 is 14.3 Å². The largest absolute Gasteiger partial charge is 0.461 e. The van der Waals surface area contributed by atoms with Gasteiger partial charge in [-0.1, -0.05) is 13.8 Å². The highest BCUT2D eigenvalue weighted by Gasteiger charge is 2.22. The first-order chi connectivity index (χ1) is 7.49. The third-order valence-electron chi connectivity index (χ3n) is 2.36. The Morgan fingerprint density at radius 2 is 2.06 bits per heavy atom. The van der Waals surface area contributed by atoms with Gasteiger partial charge in [0.2, 0.25) is 0 Å². The number of aromatic amines is 1. The molecule has 0 aliphatic carbocycles.